The third-order valence-electron chi connectivity index (χ3n) is 4.73. The molecule has 2 rings (SSSR count). The second-order valence-electron chi connectivity index (χ2n) is 6.66. The highest BCUT2D eigenvalue weighted by Crippen LogP contribution is 2.18. The van der Waals surface area contributed by atoms with Crippen LogP contribution in [0, 0.1) is 5.92 Å². The molecule has 2 unspecified atom stereocenters. The minimum Gasteiger partial charge on any atom is -0.379 e. The highest BCUT2D eigenvalue weighted by Gasteiger charge is 2.30. The molecule has 0 bridgehead atoms. The Balaban J connectivity index is 1.76. The van der Waals surface area contributed by atoms with Crippen molar-refractivity contribution in [3.8, 4) is 0 Å². The molecule has 0 aromatic rings. The molecular weight excluding hydrogens is 250 g/mol. The van der Waals surface area contributed by atoms with Crippen LogP contribution in [0.1, 0.15) is 33.6 Å². The second kappa shape index (κ2) is 8.32. The minimum absolute atomic E-state index is 0.637. The van der Waals surface area contributed by atoms with Gasteiger partial charge in [0.05, 0.1) is 13.2 Å². The first-order valence-corrected chi connectivity index (χ1v) is 8.48. The Labute approximate surface area is 124 Å². The van der Waals surface area contributed by atoms with Crippen LogP contribution < -0.4 is 5.32 Å². The van der Waals surface area contributed by atoms with Crippen molar-refractivity contribution in [2.24, 2.45) is 5.92 Å². The maximum absolute atomic E-state index is 5.46. The first-order chi connectivity index (χ1) is 9.70. The predicted molar refractivity (Wildman–Crippen MR) is 84.2 cm³/mol. The van der Waals surface area contributed by atoms with E-state index >= 15 is 0 Å². The molecule has 2 fully saturated rings. The van der Waals surface area contributed by atoms with Crippen LogP contribution in [0.15, 0.2) is 0 Å². The maximum Gasteiger partial charge on any atom is 0.0594 e. The normalized spacial score (nSPS) is 27.3. The molecule has 2 atom stereocenters. The van der Waals surface area contributed by atoms with E-state index in [1.807, 2.05) is 0 Å². The van der Waals surface area contributed by atoms with Gasteiger partial charge in [0.15, 0.2) is 0 Å². The highest BCUT2D eigenvalue weighted by molar-refractivity contribution is 4.87. The van der Waals surface area contributed by atoms with Crippen LogP contribution in [-0.4, -0.2) is 74.4 Å². The first-order valence-electron chi connectivity index (χ1n) is 8.48. The Kier molecular flexibility index (Phi) is 6.75. The minimum atomic E-state index is 0.637. The zero-order valence-corrected chi connectivity index (χ0v) is 13.6. The molecule has 0 spiro atoms. The van der Waals surface area contributed by atoms with Crippen molar-refractivity contribution in [1.82, 2.24) is 15.1 Å². The van der Waals surface area contributed by atoms with Gasteiger partial charge in [0.2, 0.25) is 0 Å². The molecule has 2 aliphatic heterocycles. The smallest absolute Gasteiger partial charge is 0.0594 e. The summed E-state index contributed by atoms with van der Waals surface area (Å²) in [6, 6.07) is 1.40. The van der Waals surface area contributed by atoms with Crippen LogP contribution in [0.3, 0.4) is 0 Å². The summed E-state index contributed by atoms with van der Waals surface area (Å²) in [4.78, 5) is 5.29. The van der Waals surface area contributed by atoms with E-state index in [0.717, 1.165) is 38.9 Å². The summed E-state index contributed by atoms with van der Waals surface area (Å²) in [6.45, 7) is 15.9. The zero-order valence-electron chi connectivity index (χ0n) is 13.6. The number of rotatable bonds is 7. The van der Waals surface area contributed by atoms with Crippen LogP contribution in [0.25, 0.3) is 0 Å². The Morgan fingerprint density at radius 1 is 1.20 bits per heavy atom. The van der Waals surface area contributed by atoms with Crippen molar-refractivity contribution in [3.63, 3.8) is 0 Å². The molecule has 20 heavy (non-hydrogen) atoms. The highest BCUT2D eigenvalue weighted by atomic mass is 16.5. The van der Waals surface area contributed by atoms with Crippen LogP contribution in [-0.2, 0) is 4.74 Å². The van der Waals surface area contributed by atoms with Gasteiger partial charge in [-0.15, -0.1) is 0 Å². The fourth-order valence-corrected chi connectivity index (χ4v) is 3.34. The second-order valence-corrected chi connectivity index (χ2v) is 6.66. The van der Waals surface area contributed by atoms with Gasteiger partial charge in [-0.1, -0.05) is 20.8 Å². The quantitative estimate of drug-likeness (QED) is 0.765. The molecule has 0 amide bonds. The van der Waals surface area contributed by atoms with Crippen LogP contribution in [0.5, 0.6) is 0 Å². The average molecular weight is 283 g/mol. The van der Waals surface area contributed by atoms with Crippen LogP contribution in [0.2, 0.25) is 0 Å². The SMILES string of the molecule is CCCNC(CN1CCC(N2CCOCC2)C1)C(C)C. The third-order valence-corrected chi connectivity index (χ3v) is 4.73. The average Bonchev–Trinajstić information content (AvgIpc) is 2.92. The van der Waals surface area contributed by atoms with Gasteiger partial charge in [0.25, 0.3) is 0 Å². The monoisotopic (exact) mass is 283 g/mol. The van der Waals surface area contributed by atoms with E-state index in [1.165, 1.54) is 32.5 Å². The molecule has 2 saturated heterocycles. The Morgan fingerprint density at radius 3 is 2.60 bits per heavy atom. The zero-order chi connectivity index (χ0) is 14.4. The van der Waals surface area contributed by atoms with Crippen molar-refractivity contribution in [2.45, 2.75) is 45.7 Å². The fourth-order valence-electron chi connectivity index (χ4n) is 3.34. The molecule has 4 heteroatoms. The van der Waals surface area contributed by atoms with Gasteiger partial charge in [0, 0.05) is 38.3 Å². The standard InChI is InChI=1S/C16H33N3O/c1-4-6-17-16(14(2)3)13-18-7-5-15(12-18)19-8-10-20-11-9-19/h14-17H,4-13H2,1-3H3. The third kappa shape index (κ3) is 4.69. The number of hydrogen-bond acceptors (Lipinski definition) is 4. The van der Waals surface area contributed by atoms with Crippen molar-refractivity contribution in [3.05, 3.63) is 0 Å². The van der Waals surface area contributed by atoms with E-state index < -0.39 is 0 Å². The van der Waals surface area contributed by atoms with E-state index in [4.69, 9.17) is 4.74 Å². The van der Waals surface area contributed by atoms with Gasteiger partial charge in [-0.3, -0.25) is 4.90 Å². The van der Waals surface area contributed by atoms with Gasteiger partial charge in [-0.05, 0) is 31.8 Å². The molecule has 4 nitrogen and oxygen atoms in total. The number of ether oxygens (including phenoxy) is 1. The number of likely N-dealkylation sites (tertiary alicyclic amines) is 1. The molecule has 0 aliphatic carbocycles. The Hall–Kier alpha value is -0.160. The lowest BCUT2D eigenvalue weighted by Gasteiger charge is -2.33. The number of nitrogens with one attached hydrogen (secondary N) is 1. The topological polar surface area (TPSA) is 27.7 Å². The summed E-state index contributed by atoms with van der Waals surface area (Å²) in [5.74, 6) is 0.712. The summed E-state index contributed by atoms with van der Waals surface area (Å²) in [5.41, 5.74) is 0. The lowest BCUT2D eigenvalue weighted by Crippen LogP contribution is -2.47. The van der Waals surface area contributed by atoms with Gasteiger partial charge in [-0.25, -0.2) is 0 Å². The fraction of sp³-hybridized carbons (Fsp3) is 1.00. The van der Waals surface area contributed by atoms with Crippen molar-refractivity contribution in [2.75, 3.05) is 52.5 Å². The summed E-state index contributed by atoms with van der Waals surface area (Å²) in [6.07, 6.45) is 2.55. The van der Waals surface area contributed by atoms with E-state index in [-0.39, 0.29) is 0 Å². The molecule has 0 radical (unpaired) electrons. The maximum atomic E-state index is 5.46. The van der Waals surface area contributed by atoms with Crippen LogP contribution in [0.4, 0.5) is 0 Å². The Morgan fingerprint density at radius 2 is 1.95 bits per heavy atom. The van der Waals surface area contributed by atoms with E-state index in [0.29, 0.717) is 12.0 Å². The molecule has 1 N–H and O–H groups in total. The van der Waals surface area contributed by atoms with Crippen molar-refractivity contribution < 1.29 is 4.74 Å². The number of morpholine rings is 1. The van der Waals surface area contributed by atoms with Gasteiger partial charge < -0.3 is 15.0 Å². The van der Waals surface area contributed by atoms with Gasteiger partial charge in [0.1, 0.15) is 0 Å². The largest absolute Gasteiger partial charge is 0.379 e. The molecule has 118 valence electrons. The molecule has 0 aromatic carbocycles. The molecule has 2 heterocycles. The molecular formula is C16H33N3O. The predicted octanol–water partition coefficient (Wildman–Crippen LogP) is 1.42. The molecule has 0 aromatic heterocycles. The van der Waals surface area contributed by atoms with E-state index in [1.54, 1.807) is 0 Å². The van der Waals surface area contributed by atoms with Gasteiger partial charge in [-0.2, -0.15) is 0 Å². The van der Waals surface area contributed by atoms with Crippen molar-refractivity contribution >= 4 is 0 Å². The lowest BCUT2D eigenvalue weighted by atomic mass is 10.0. The summed E-state index contributed by atoms with van der Waals surface area (Å²) in [7, 11) is 0. The summed E-state index contributed by atoms with van der Waals surface area (Å²) < 4.78 is 5.46. The van der Waals surface area contributed by atoms with Crippen molar-refractivity contribution in [1.29, 1.82) is 0 Å². The lowest BCUT2D eigenvalue weighted by molar-refractivity contribution is 0.0182. The molecule has 0 saturated carbocycles. The van der Waals surface area contributed by atoms with E-state index in [2.05, 4.69) is 35.9 Å². The van der Waals surface area contributed by atoms with E-state index in [9.17, 15) is 0 Å². The number of nitrogens with zero attached hydrogens (tertiary/aromatic N) is 2. The molecule has 2 aliphatic rings. The summed E-state index contributed by atoms with van der Waals surface area (Å²) in [5, 5.41) is 3.71. The number of hydrogen-bond donors (Lipinski definition) is 1. The summed E-state index contributed by atoms with van der Waals surface area (Å²) >= 11 is 0. The Bertz CT molecular complexity index is 266. The van der Waals surface area contributed by atoms with Gasteiger partial charge >= 0.3 is 0 Å². The first kappa shape index (κ1) is 16.2. The van der Waals surface area contributed by atoms with Crippen LogP contribution >= 0.6 is 0 Å².